The first-order valence-corrected chi connectivity index (χ1v) is 6.97. The molecule has 0 aromatic heterocycles. The molecular weight excluding hydrogens is 324 g/mol. The third-order valence-corrected chi connectivity index (χ3v) is 3.42. The summed E-state index contributed by atoms with van der Waals surface area (Å²) in [5.41, 5.74) is 9.36. The average molecular weight is 339 g/mol. The summed E-state index contributed by atoms with van der Waals surface area (Å²) in [5, 5.41) is 4.05. The molecule has 1 unspecified atom stereocenters. The van der Waals surface area contributed by atoms with Crippen LogP contribution in [-0.2, 0) is 9.59 Å². The summed E-state index contributed by atoms with van der Waals surface area (Å²) < 4.78 is 0.988. The molecule has 1 aliphatic heterocycles. The number of carbonyl (C=O) groups is 2. The Morgan fingerprint density at radius 1 is 1.45 bits per heavy atom. The molecule has 3 N–H and O–H groups in total. The van der Waals surface area contributed by atoms with Crippen molar-refractivity contribution in [3.05, 3.63) is 34.3 Å². The van der Waals surface area contributed by atoms with E-state index in [0.29, 0.717) is 6.42 Å². The van der Waals surface area contributed by atoms with Gasteiger partial charge in [-0.15, -0.1) is 0 Å². The summed E-state index contributed by atoms with van der Waals surface area (Å²) in [6, 6.07) is 7.48. The van der Waals surface area contributed by atoms with Crippen LogP contribution in [0.2, 0.25) is 0 Å². The summed E-state index contributed by atoms with van der Waals surface area (Å²) in [4.78, 5) is 22.7. The fourth-order valence-corrected chi connectivity index (χ4v) is 2.07. The first kappa shape index (κ1) is 14.7. The predicted molar refractivity (Wildman–Crippen MR) is 78.8 cm³/mol. The molecule has 20 heavy (non-hydrogen) atoms. The summed E-state index contributed by atoms with van der Waals surface area (Å²) >= 11 is 3.36. The van der Waals surface area contributed by atoms with Crippen LogP contribution in [0.5, 0.6) is 0 Å². The molecule has 1 aliphatic rings. The van der Waals surface area contributed by atoms with Crippen LogP contribution in [0.1, 0.15) is 25.3 Å². The van der Waals surface area contributed by atoms with Crippen molar-refractivity contribution in [3.8, 4) is 0 Å². The van der Waals surface area contributed by atoms with E-state index in [0.717, 1.165) is 15.7 Å². The summed E-state index contributed by atoms with van der Waals surface area (Å²) in [5.74, 6) is -0.326. The lowest BCUT2D eigenvalue weighted by atomic mass is 10.1. The van der Waals surface area contributed by atoms with Crippen LogP contribution in [0.3, 0.4) is 0 Å². The molecule has 106 valence electrons. The van der Waals surface area contributed by atoms with Crippen molar-refractivity contribution in [1.29, 1.82) is 0 Å². The number of amides is 2. The standard InChI is InChI=1S/C13H15BrN4O2/c1-8(9-2-4-10(14)5-3-9)15-17-12(19)6-11-7-13(20)18-16-11/h2-5,11,16H,6-7H2,1H3,(H,17,19)(H,18,20)/b15-8+. The Kier molecular flexibility index (Phi) is 4.86. The van der Waals surface area contributed by atoms with E-state index in [-0.39, 0.29) is 24.3 Å². The third kappa shape index (κ3) is 4.14. The first-order chi connectivity index (χ1) is 9.54. The smallest absolute Gasteiger partial charge is 0.241 e. The van der Waals surface area contributed by atoms with Crippen molar-refractivity contribution in [2.75, 3.05) is 0 Å². The number of nitrogens with one attached hydrogen (secondary N) is 3. The van der Waals surface area contributed by atoms with E-state index in [1.165, 1.54) is 0 Å². The molecule has 0 radical (unpaired) electrons. The normalized spacial score (nSPS) is 18.8. The van der Waals surface area contributed by atoms with E-state index < -0.39 is 0 Å². The Bertz CT molecular complexity index is 542. The molecule has 0 aliphatic carbocycles. The van der Waals surface area contributed by atoms with Crippen LogP contribution >= 0.6 is 15.9 Å². The van der Waals surface area contributed by atoms with Gasteiger partial charge >= 0.3 is 0 Å². The molecule has 0 bridgehead atoms. The molecule has 2 amide bonds. The van der Waals surface area contributed by atoms with E-state index in [9.17, 15) is 9.59 Å². The minimum Gasteiger partial charge on any atom is -0.291 e. The quantitative estimate of drug-likeness (QED) is 0.567. The van der Waals surface area contributed by atoms with Gasteiger partial charge in [0.15, 0.2) is 0 Å². The fraction of sp³-hybridized carbons (Fsp3) is 0.308. The summed E-state index contributed by atoms with van der Waals surface area (Å²) in [6.07, 6.45) is 0.513. The number of nitrogens with zero attached hydrogens (tertiary/aromatic N) is 1. The van der Waals surface area contributed by atoms with E-state index in [4.69, 9.17) is 0 Å². The van der Waals surface area contributed by atoms with Gasteiger partial charge in [-0.1, -0.05) is 28.1 Å². The second-order valence-corrected chi connectivity index (χ2v) is 5.45. The fourth-order valence-electron chi connectivity index (χ4n) is 1.80. The van der Waals surface area contributed by atoms with Crippen LogP contribution in [0.25, 0.3) is 0 Å². The van der Waals surface area contributed by atoms with Crippen LogP contribution in [-0.4, -0.2) is 23.6 Å². The molecule has 0 spiro atoms. The number of hydrazone groups is 1. The van der Waals surface area contributed by atoms with Crippen molar-refractivity contribution >= 4 is 33.5 Å². The zero-order valence-electron chi connectivity index (χ0n) is 10.9. The Labute approximate surface area is 125 Å². The van der Waals surface area contributed by atoms with Gasteiger partial charge in [-0.2, -0.15) is 5.10 Å². The van der Waals surface area contributed by atoms with Crippen molar-refractivity contribution in [2.45, 2.75) is 25.8 Å². The molecule has 0 saturated carbocycles. The van der Waals surface area contributed by atoms with Crippen LogP contribution in [0.4, 0.5) is 0 Å². The highest BCUT2D eigenvalue weighted by Crippen LogP contribution is 2.11. The number of rotatable bonds is 4. The Morgan fingerprint density at radius 3 is 2.75 bits per heavy atom. The van der Waals surface area contributed by atoms with Crippen molar-refractivity contribution in [1.82, 2.24) is 16.3 Å². The highest BCUT2D eigenvalue weighted by Gasteiger charge is 2.23. The molecule has 6 nitrogen and oxygen atoms in total. The van der Waals surface area contributed by atoms with E-state index in [1.807, 2.05) is 31.2 Å². The van der Waals surface area contributed by atoms with Crippen molar-refractivity contribution in [2.24, 2.45) is 5.10 Å². The number of hydrazine groups is 1. The van der Waals surface area contributed by atoms with Crippen molar-refractivity contribution in [3.63, 3.8) is 0 Å². The second kappa shape index (κ2) is 6.62. The lowest BCUT2D eigenvalue weighted by Crippen LogP contribution is -2.35. The maximum Gasteiger partial charge on any atom is 0.241 e. The zero-order chi connectivity index (χ0) is 14.5. The first-order valence-electron chi connectivity index (χ1n) is 6.18. The molecule has 1 fully saturated rings. The SMILES string of the molecule is C/C(=N\NC(=O)CC1CC(=O)NN1)c1ccc(Br)cc1. The second-order valence-electron chi connectivity index (χ2n) is 4.54. The monoisotopic (exact) mass is 338 g/mol. The van der Waals surface area contributed by atoms with E-state index in [2.05, 4.69) is 37.3 Å². The van der Waals surface area contributed by atoms with Crippen LogP contribution < -0.4 is 16.3 Å². The molecule has 1 heterocycles. The molecule has 1 aromatic carbocycles. The minimum atomic E-state index is -0.226. The molecule has 1 aromatic rings. The van der Waals surface area contributed by atoms with Gasteiger partial charge in [-0.25, -0.2) is 10.9 Å². The highest BCUT2D eigenvalue weighted by atomic mass is 79.9. The van der Waals surface area contributed by atoms with Gasteiger partial charge in [-0.05, 0) is 24.6 Å². The molecule has 1 saturated heterocycles. The zero-order valence-corrected chi connectivity index (χ0v) is 12.5. The molecule has 2 rings (SSSR count). The topological polar surface area (TPSA) is 82.6 Å². The summed E-state index contributed by atoms with van der Waals surface area (Å²) in [7, 11) is 0. The maximum absolute atomic E-state index is 11.7. The van der Waals surface area contributed by atoms with Gasteiger partial charge in [0.2, 0.25) is 11.8 Å². The van der Waals surface area contributed by atoms with E-state index >= 15 is 0 Å². The minimum absolute atomic E-state index is 0.0997. The van der Waals surface area contributed by atoms with Gasteiger partial charge in [0.1, 0.15) is 0 Å². The van der Waals surface area contributed by atoms with Gasteiger partial charge in [-0.3, -0.25) is 15.0 Å². The predicted octanol–water partition coefficient (Wildman–Crippen LogP) is 1.07. The number of hydrogen-bond acceptors (Lipinski definition) is 4. The molecule has 7 heteroatoms. The lowest BCUT2D eigenvalue weighted by Gasteiger charge is -2.07. The van der Waals surface area contributed by atoms with Crippen LogP contribution in [0, 0.1) is 0 Å². The summed E-state index contributed by atoms with van der Waals surface area (Å²) in [6.45, 7) is 1.82. The largest absolute Gasteiger partial charge is 0.291 e. The number of halogens is 1. The lowest BCUT2D eigenvalue weighted by molar-refractivity contribution is -0.121. The van der Waals surface area contributed by atoms with Gasteiger partial charge in [0, 0.05) is 23.4 Å². The Morgan fingerprint density at radius 2 is 2.15 bits per heavy atom. The Hall–Kier alpha value is -1.73. The number of carbonyl (C=O) groups excluding carboxylic acids is 2. The third-order valence-electron chi connectivity index (χ3n) is 2.89. The maximum atomic E-state index is 11.7. The Balaban J connectivity index is 1.86. The molecular formula is C13H15BrN4O2. The van der Waals surface area contributed by atoms with Crippen LogP contribution in [0.15, 0.2) is 33.8 Å². The highest BCUT2D eigenvalue weighted by molar-refractivity contribution is 9.10. The average Bonchev–Trinajstić information content (AvgIpc) is 2.82. The van der Waals surface area contributed by atoms with Gasteiger partial charge in [0.25, 0.3) is 0 Å². The number of benzene rings is 1. The van der Waals surface area contributed by atoms with E-state index in [1.54, 1.807) is 0 Å². The number of hydrogen-bond donors (Lipinski definition) is 3. The van der Waals surface area contributed by atoms with Crippen molar-refractivity contribution < 1.29 is 9.59 Å². The van der Waals surface area contributed by atoms with Gasteiger partial charge < -0.3 is 0 Å². The molecule has 1 atom stereocenters. The van der Waals surface area contributed by atoms with Gasteiger partial charge in [0.05, 0.1) is 5.71 Å².